The van der Waals surface area contributed by atoms with E-state index in [-0.39, 0.29) is 0 Å². The quantitative estimate of drug-likeness (QED) is 0.546. The molecule has 0 aliphatic carbocycles. The Morgan fingerprint density at radius 1 is 1.27 bits per heavy atom. The number of halogens is 1. The number of rotatable bonds is 6. The van der Waals surface area contributed by atoms with Crippen LogP contribution in [0.3, 0.4) is 0 Å². The van der Waals surface area contributed by atoms with E-state index >= 15 is 0 Å². The highest BCUT2D eigenvalue weighted by atomic mass is 79.9. The second-order valence-electron chi connectivity index (χ2n) is 4.08. The van der Waals surface area contributed by atoms with Crippen molar-refractivity contribution >= 4 is 15.9 Å². The van der Waals surface area contributed by atoms with E-state index in [4.69, 9.17) is 0 Å². The van der Waals surface area contributed by atoms with Crippen molar-refractivity contribution in [1.29, 1.82) is 0 Å². The van der Waals surface area contributed by atoms with Crippen LogP contribution >= 0.6 is 15.9 Å². The lowest BCUT2D eigenvalue weighted by Gasteiger charge is -2.18. The summed E-state index contributed by atoms with van der Waals surface area (Å²) in [4.78, 5) is 4.64. The van der Waals surface area contributed by atoms with Gasteiger partial charge in [0.1, 0.15) is 0 Å². The van der Waals surface area contributed by atoms with Gasteiger partial charge in [-0.2, -0.15) is 0 Å². The van der Waals surface area contributed by atoms with Gasteiger partial charge >= 0.3 is 0 Å². The molecule has 1 aromatic rings. The van der Waals surface area contributed by atoms with Gasteiger partial charge in [-0.05, 0) is 30.0 Å². The summed E-state index contributed by atoms with van der Waals surface area (Å²) in [5.74, 6) is 0.574. The molecule has 0 spiro atoms. The van der Waals surface area contributed by atoms with Crippen LogP contribution in [0, 0.1) is 0 Å². The predicted molar refractivity (Wildman–Crippen MR) is 69.5 cm³/mol. The molecular weight excluding hydrogens is 250 g/mol. The summed E-state index contributed by atoms with van der Waals surface area (Å²) in [6.45, 7) is 4.52. The van der Waals surface area contributed by atoms with Crippen LogP contribution in [0.15, 0.2) is 24.5 Å². The summed E-state index contributed by atoms with van der Waals surface area (Å²) in [5, 5.41) is 0. The molecule has 0 saturated heterocycles. The molecule has 2 unspecified atom stereocenters. The van der Waals surface area contributed by atoms with Crippen LogP contribution in [0.25, 0.3) is 0 Å². The van der Waals surface area contributed by atoms with E-state index in [0.717, 1.165) is 0 Å². The molecule has 0 fully saturated rings. The van der Waals surface area contributed by atoms with Crippen LogP contribution in [0.2, 0.25) is 0 Å². The minimum Gasteiger partial charge on any atom is -0.265 e. The first-order valence-electron chi connectivity index (χ1n) is 5.79. The summed E-state index contributed by atoms with van der Waals surface area (Å²) in [7, 11) is 0. The Kier molecular flexibility index (Phi) is 5.92. The summed E-state index contributed by atoms with van der Waals surface area (Å²) in [6, 6.07) is 4.22. The maximum absolute atomic E-state index is 4.05. The molecule has 1 aromatic heterocycles. The Labute approximate surface area is 101 Å². The fourth-order valence-electron chi connectivity index (χ4n) is 1.72. The highest BCUT2D eigenvalue weighted by Gasteiger charge is 2.14. The van der Waals surface area contributed by atoms with E-state index in [1.165, 1.54) is 31.2 Å². The van der Waals surface area contributed by atoms with Crippen molar-refractivity contribution in [2.45, 2.75) is 50.3 Å². The van der Waals surface area contributed by atoms with Gasteiger partial charge in [-0.1, -0.05) is 49.0 Å². The molecule has 2 atom stereocenters. The summed E-state index contributed by atoms with van der Waals surface area (Å²) in [6.07, 6.45) is 8.96. The predicted octanol–water partition coefficient (Wildman–Crippen LogP) is 4.53. The van der Waals surface area contributed by atoms with Crippen molar-refractivity contribution < 1.29 is 0 Å². The summed E-state index contributed by atoms with van der Waals surface area (Å²) in [5.41, 5.74) is 1.38. The maximum atomic E-state index is 4.05. The lowest BCUT2D eigenvalue weighted by molar-refractivity contribution is 0.600. The third-order valence-corrected chi connectivity index (χ3v) is 4.11. The summed E-state index contributed by atoms with van der Waals surface area (Å²) >= 11 is 3.79. The molecule has 2 heteroatoms. The van der Waals surface area contributed by atoms with Crippen LogP contribution in [0.5, 0.6) is 0 Å². The second kappa shape index (κ2) is 7.00. The molecule has 0 radical (unpaired) electrons. The third-order valence-electron chi connectivity index (χ3n) is 2.86. The molecule has 0 amide bonds. The van der Waals surface area contributed by atoms with Gasteiger partial charge in [0.15, 0.2) is 0 Å². The zero-order valence-electron chi connectivity index (χ0n) is 9.62. The van der Waals surface area contributed by atoms with E-state index in [9.17, 15) is 0 Å². The van der Waals surface area contributed by atoms with Gasteiger partial charge < -0.3 is 0 Å². The zero-order chi connectivity index (χ0) is 11.1. The minimum atomic E-state index is 0.574. The number of alkyl halides is 1. The number of aromatic nitrogens is 1. The van der Waals surface area contributed by atoms with Gasteiger partial charge in [0.25, 0.3) is 0 Å². The van der Waals surface area contributed by atoms with Crippen molar-refractivity contribution in [3.63, 3.8) is 0 Å². The number of nitrogens with zero attached hydrogens (tertiary/aromatic N) is 1. The first-order valence-corrected chi connectivity index (χ1v) is 6.71. The van der Waals surface area contributed by atoms with E-state index < -0.39 is 0 Å². The molecule has 0 aliphatic rings. The van der Waals surface area contributed by atoms with E-state index in [1.54, 1.807) is 0 Å². The van der Waals surface area contributed by atoms with Crippen molar-refractivity contribution in [3.05, 3.63) is 30.1 Å². The van der Waals surface area contributed by atoms with Crippen LogP contribution in [-0.4, -0.2) is 9.81 Å². The van der Waals surface area contributed by atoms with Gasteiger partial charge in [-0.3, -0.25) is 4.98 Å². The third kappa shape index (κ3) is 4.33. The molecule has 0 bridgehead atoms. The van der Waals surface area contributed by atoms with Crippen molar-refractivity contribution in [1.82, 2.24) is 4.98 Å². The van der Waals surface area contributed by atoms with E-state index in [1.807, 2.05) is 12.4 Å². The molecule has 0 aromatic carbocycles. The number of hydrogen-bond donors (Lipinski definition) is 0. The van der Waals surface area contributed by atoms with Gasteiger partial charge in [-0.25, -0.2) is 0 Å². The zero-order valence-corrected chi connectivity index (χ0v) is 11.2. The number of unbranched alkanes of at least 4 members (excludes halogenated alkanes) is 2. The monoisotopic (exact) mass is 269 g/mol. The van der Waals surface area contributed by atoms with E-state index in [0.29, 0.717) is 10.7 Å². The average Bonchev–Trinajstić information content (AvgIpc) is 2.29. The molecule has 1 rings (SSSR count). The Morgan fingerprint density at radius 2 is 1.93 bits per heavy atom. The lowest BCUT2D eigenvalue weighted by atomic mass is 9.95. The van der Waals surface area contributed by atoms with Crippen LogP contribution in [-0.2, 0) is 0 Å². The van der Waals surface area contributed by atoms with Crippen molar-refractivity contribution in [3.8, 4) is 0 Å². The molecule has 1 nitrogen and oxygen atoms in total. The smallest absolute Gasteiger partial charge is 0.0270 e. The lowest BCUT2D eigenvalue weighted by Crippen LogP contribution is -2.09. The van der Waals surface area contributed by atoms with Crippen molar-refractivity contribution in [2.24, 2.45) is 0 Å². The number of pyridine rings is 1. The highest BCUT2D eigenvalue weighted by molar-refractivity contribution is 9.09. The molecule has 0 saturated carbocycles. The van der Waals surface area contributed by atoms with E-state index in [2.05, 4.69) is 46.9 Å². The molecule has 0 aliphatic heterocycles. The standard InChI is InChI=1S/C13H20BrN/c1-3-4-5-6-13(14)11(2)12-7-9-15-10-8-12/h7-11,13H,3-6H2,1-2H3. The largest absolute Gasteiger partial charge is 0.265 e. The average molecular weight is 270 g/mol. The molecule has 84 valence electrons. The number of hydrogen-bond acceptors (Lipinski definition) is 1. The van der Waals surface area contributed by atoms with Crippen molar-refractivity contribution in [2.75, 3.05) is 0 Å². The van der Waals surface area contributed by atoms with Crippen LogP contribution in [0.1, 0.15) is 51.0 Å². The SMILES string of the molecule is CCCCCC(Br)C(C)c1ccncc1. The summed E-state index contributed by atoms with van der Waals surface area (Å²) < 4.78 is 0. The van der Waals surface area contributed by atoms with Gasteiger partial charge in [-0.15, -0.1) is 0 Å². The molecule has 0 N–H and O–H groups in total. The van der Waals surface area contributed by atoms with Gasteiger partial charge in [0, 0.05) is 17.2 Å². The Bertz CT molecular complexity index is 260. The molecule has 1 heterocycles. The Balaban J connectivity index is 2.42. The maximum Gasteiger partial charge on any atom is 0.0270 e. The Morgan fingerprint density at radius 3 is 2.53 bits per heavy atom. The Hall–Kier alpha value is -0.370. The minimum absolute atomic E-state index is 0.574. The normalized spacial score (nSPS) is 14.9. The molecule has 15 heavy (non-hydrogen) atoms. The topological polar surface area (TPSA) is 12.9 Å². The first-order chi connectivity index (χ1) is 7.25. The fourth-order valence-corrected chi connectivity index (χ4v) is 2.34. The van der Waals surface area contributed by atoms with Gasteiger partial charge in [0.05, 0.1) is 0 Å². The first kappa shape index (κ1) is 12.7. The van der Waals surface area contributed by atoms with Crippen LogP contribution < -0.4 is 0 Å². The van der Waals surface area contributed by atoms with Crippen LogP contribution in [0.4, 0.5) is 0 Å². The van der Waals surface area contributed by atoms with Gasteiger partial charge in [0.2, 0.25) is 0 Å². The fraction of sp³-hybridized carbons (Fsp3) is 0.615. The molecular formula is C13H20BrN. The second-order valence-corrected chi connectivity index (χ2v) is 5.26. The highest BCUT2D eigenvalue weighted by Crippen LogP contribution is 2.27.